The Hall–Kier alpha value is 1.39. The van der Waals surface area contributed by atoms with E-state index < -0.39 is 0 Å². The molecule has 0 bridgehead atoms. The van der Waals surface area contributed by atoms with Crippen molar-refractivity contribution in [3.8, 4) is 0 Å². The van der Waals surface area contributed by atoms with Crippen LogP contribution >= 0.6 is 33.3 Å². The van der Waals surface area contributed by atoms with Crippen LogP contribution in [0.1, 0.15) is 0 Å². The Balaban J connectivity index is 0. The van der Waals surface area contributed by atoms with Crippen molar-refractivity contribution in [3.05, 3.63) is 5.34 Å². The molecule has 0 spiro atoms. The van der Waals surface area contributed by atoms with Crippen LogP contribution in [-0.4, -0.2) is 0 Å². The summed E-state index contributed by atoms with van der Waals surface area (Å²) in [6, 6.07) is 0. The Morgan fingerprint density at radius 2 is 1.20 bits per heavy atom. The molecular weight excluding hydrogens is 182 g/mol. The monoisotopic (exact) mass is 181 g/mol. The van der Waals surface area contributed by atoms with E-state index in [1.165, 1.54) is 0 Å². The third-order valence-electron chi connectivity index (χ3n) is 0. The molecule has 5 heavy (non-hydrogen) atoms. The molecule has 0 aromatic rings. The van der Waals surface area contributed by atoms with Gasteiger partial charge in [-0.05, 0) is 0 Å². The van der Waals surface area contributed by atoms with Crippen molar-refractivity contribution in [2.75, 3.05) is 0 Å². The van der Waals surface area contributed by atoms with Crippen molar-refractivity contribution in [2.24, 2.45) is 0 Å². The van der Waals surface area contributed by atoms with Crippen LogP contribution in [0.3, 0.4) is 0 Å². The normalized spacial score (nSPS) is 5.00. The van der Waals surface area contributed by atoms with Crippen LogP contribution in [0.15, 0.2) is 0 Å². The summed E-state index contributed by atoms with van der Waals surface area (Å²) in [4.78, 5) is 0. The Kier molecular flexibility index (Phi) is 35.0. The third kappa shape index (κ3) is 32.1. The molecule has 4 heteroatoms. The molecule has 0 saturated carbocycles. The summed E-state index contributed by atoms with van der Waals surface area (Å²) < 4.78 is 0. The fourth-order valence-electron chi connectivity index (χ4n) is 0. The molecule has 0 N–H and O–H groups in total. The first-order valence-corrected chi connectivity index (χ1v) is 2.72. The van der Waals surface area contributed by atoms with Crippen LogP contribution in [0, 0.1) is 5.34 Å². The average molecular weight is 183 g/mol. The van der Waals surface area contributed by atoms with Gasteiger partial charge < -0.3 is 23.2 Å². The molecule has 0 atom stereocenters. The summed E-state index contributed by atoms with van der Waals surface area (Å²) in [6.07, 6.45) is 0. The molecule has 0 aromatic heterocycles. The van der Waals surface area contributed by atoms with Gasteiger partial charge in [0.2, 0.25) is 0 Å². The summed E-state index contributed by atoms with van der Waals surface area (Å²) in [5, 5.41) is 0.944. The number of hydrogen-bond acceptors (Lipinski definition) is 0. The van der Waals surface area contributed by atoms with Crippen LogP contribution in [0.4, 0.5) is 0 Å². The summed E-state index contributed by atoms with van der Waals surface area (Å²) in [5.41, 5.74) is 0. The molecule has 0 rings (SSSR count). The topological polar surface area (TPSA) is 0 Å². The first kappa shape index (κ1) is 9.63. The van der Waals surface area contributed by atoms with Crippen molar-refractivity contribution in [1.29, 1.82) is 0 Å². The van der Waals surface area contributed by atoms with Gasteiger partial charge in [-0.25, -0.2) is 0 Å². The zero-order valence-corrected chi connectivity index (χ0v) is 5.22. The van der Waals surface area contributed by atoms with Gasteiger partial charge in [-0.2, -0.15) is 5.34 Å². The van der Waals surface area contributed by atoms with E-state index in [1.807, 2.05) is 0 Å². The second kappa shape index (κ2) is 18.2. The second-order valence-electron chi connectivity index (χ2n) is 0.0825. The number of hydrogen-bond donors (Lipinski definition) is 0. The third-order valence-corrected chi connectivity index (χ3v) is 0. The Labute approximate surface area is 53.8 Å². The summed E-state index contributed by atoms with van der Waals surface area (Å²) in [5.74, 6) is 0. The molecule has 0 unspecified atom stereocenters. The Bertz CT molecular complexity index is 6.85. The van der Waals surface area contributed by atoms with Gasteiger partial charge in [0.25, 0.3) is 0 Å². The predicted octanol–water partition coefficient (Wildman–Crippen LogP) is 2.27. The van der Waals surface area contributed by atoms with E-state index in [1.54, 1.807) is 0 Å². The first-order chi connectivity index (χ1) is 2.41. The van der Waals surface area contributed by atoms with Crippen molar-refractivity contribution in [3.63, 3.8) is 0 Å². The van der Waals surface area contributed by atoms with Gasteiger partial charge >= 0.3 is 25.2 Å². The molecule has 0 amide bonds. The van der Waals surface area contributed by atoms with Gasteiger partial charge in [0.1, 0.15) is 0 Å². The van der Waals surface area contributed by atoms with Crippen molar-refractivity contribution < 1.29 is 15.1 Å². The minimum absolute atomic E-state index is 0.944. The zero-order chi connectivity index (χ0) is 4.71. The molecule has 0 heterocycles. The van der Waals surface area contributed by atoms with Crippen molar-refractivity contribution in [2.45, 2.75) is 0 Å². The Morgan fingerprint density at radius 3 is 1.20 bits per heavy atom. The fourth-order valence-corrected chi connectivity index (χ4v) is 0. The maximum atomic E-state index is 4.64. The van der Waals surface area contributed by atoms with Crippen LogP contribution in [0.2, 0.25) is 0 Å². The zero-order valence-electron chi connectivity index (χ0n) is 2.01. The van der Waals surface area contributed by atoms with Gasteiger partial charge in [0.15, 0.2) is 0 Å². The van der Waals surface area contributed by atoms with E-state index >= 15 is 0 Å². The SMILES string of the molecule is Cl[CH-]Cl.[Cl][Cu+]. The van der Waals surface area contributed by atoms with Crippen LogP contribution in [0.25, 0.3) is 0 Å². The summed E-state index contributed by atoms with van der Waals surface area (Å²) in [6.45, 7) is 0. The van der Waals surface area contributed by atoms with Crippen LogP contribution < -0.4 is 0 Å². The predicted molar refractivity (Wildman–Crippen MR) is 21.9 cm³/mol. The minimum atomic E-state index is 0.944. The second-order valence-corrected chi connectivity index (χ2v) is 0.742. The standard InChI is InChI=1S/CHCl2.ClH.Cu/c2-1-3;;/h1H;1H;/q-1;;+2/p-1. The van der Waals surface area contributed by atoms with E-state index in [4.69, 9.17) is 0 Å². The molecule has 0 nitrogen and oxygen atoms in total. The molecular formula is CHCl3Cu. The van der Waals surface area contributed by atoms with Gasteiger partial charge in [-0.15, -0.1) is 0 Å². The Morgan fingerprint density at radius 1 is 1.20 bits per heavy atom. The fraction of sp³-hybridized carbons (Fsp3) is 0. The molecule has 0 aliphatic rings. The number of rotatable bonds is 0. The van der Waals surface area contributed by atoms with Crippen molar-refractivity contribution >= 4 is 33.3 Å². The number of halogens is 3. The van der Waals surface area contributed by atoms with E-state index in [-0.39, 0.29) is 0 Å². The summed E-state index contributed by atoms with van der Waals surface area (Å²) in [7, 11) is 4.20. The molecule has 0 aliphatic heterocycles. The first-order valence-electron chi connectivity index (χ1n) is 0.550. The van der Waals surface area contributed by atoms with Crippen LogP contribution in [0.5, 0.6) is 0 Å². The molecule has 0 radical (unpaired) electrons. The van der Waals surface area contributed by atoms with Gasteiger partial charge in [-0.3, -0.25) is 0 Å². The van der Waals surface area contributed by atoms with Gasteiger partial charge in [-0.1, -0.05) is 0 Å². The molecule has 37 valence electrons. The van der Waals surface area contributed by atoms with Gasteiger partial charge in [0.05, 0.1) is 0 Å². The van der Waals surface area contributed by atoms with Crippen LogP contribution in [-0.2, 0) is 15.1 Å². The summed E-state index contributed by atoms with van der Waals surface area (Å²) >= 11 is 12.9. The average Bonchev–Trinajstić information content (AvgIpc) is 1.46. The quantitative estimate of drug-likeness (QED) is 0.399. The molecule has 0 fully saturated rings. The van der Waals surface area contributed by atoms with E-state index in [0.29, 0.717) is 0 Å². The van der Waals surface area contributed by atoms with E-state index in [0.717, 1.165) is 5.34 Å². The molecule has 0 aromatic carbocycles. The van der Waals surface area contributed by atoms with Gasteiger partial charge in [0, 0.05) is 0 Å². The van der Waals surface area contributed by atoms with Crippen molar-refractivity contribution in [1.82, 2.24) is 0 Å². The maximum absolute atomic E-state index is 4.64. The van der Waals surface area contributed by atoms with E-state index in [2.05, 4.69) is 48.4 Å². The molecule has 0 saturated heterocycles. The molecule has 0 aliphatic carbocycles. The van der Waals surface area contributed by atoms with E-state index in [9.17, 15) is 0 Å².